The number of aromatic nitrogens is 4. The Bertz CT molecular complexity index is 924. The van der Waals surface area contributed by atoms with Crippen LogP contribution >= 0.6 is 11.5 Å². The molecular weight excluding hydrogens is 376 g/mol. The van der Waals surface area contributed by atoms with Crippen LogP contribution in [-0.4, -0.2) is 44.8 Å². The van der Waals surface area contributed by atoms with Crippen molar-refractivity contribution in [2.75, 3.05) is 24.8 Å². The molecule has 1 aliphatic carbocycles. The van der Waals surface area contributed by atoms with Gasteiger partial charge in [-0.05, 0) is 43.5 Å². The molecule has 146 valence electrons. The van der Waals surface area contributed by atoms with Gasteiger partial charge in [0.1, 0.15) is 6.33 Å². The van der Waals surface area contributed by atoms with Gasteiger partial charge in [0, 0.05) is 43.1 Å². The third-order valence-electron chi connectivity index (χ3n) is 4.89. The molecule has 1 aliphatic heterocycles. The van der Waals surface area contributed by atoms with Crippen LogP contribution in [0.5, 0.6) is 11.5 Å². The van der Waals surface area contributed by atoms with Crippen LogP contribution in [0.25, 0.3) is 5.95 Å². The van der Waals surface area contributed by atoms with Gasteiger partial charge < -0.3 is 19.7 Å². The standard InChI is InChI=1S/C19H22N6O2S/c1(6-20-11-14-2-5-16-17(10-14)27-13-26-16)8-25(15-3-4-15)19-22-18(23-28-19)24-9-7-21-12-24/h2,5,7,9-10,12,15,20H,1,3-4,6,8,11,13H2. The van der Waals surface area contributed by atoms with E-state index in [2.05, 4.69) is 25.6 Å². The second-order valence-electron chi connectivity index (χ2n) is 6.99. The summed E-state index contributed by atoms with van der Waals surface area (Å²) < 4.78 is 17.1. The largest absolute Gasteiger partial charge is 0.454 e. The van der Waals surface area contributed by atoms with Crippen molar-refractivity contribution in [1.29, 1.82) is 0 Å². The van der Waals surface area contributed by atoms with Gasteiger partial charge in [-0.3, -0.25) is 4.57 Å². The Labute approximate surface area is 167 Å². The number of hydrogen-bond acceptors (Lipinski definition) is 8. The molecule has 1 saturated carbocycles. The molecule has 0 unspecified atom stereocenters. The highest BCUT2D eigenvalue weighted by molar-refractivity contribution is 7.09. The van der Waals surface area contributed by atoms with E-state index >= 15 is 0 Å². The summed E-state index contributed by atoms with van der Waals surface area (Å²) in [6, 6.07) is 6.71. The van der Waals surface area contributed by atoms with E-state index in [9.17, 15) is 0 Å². The molecule has 28 heavy (non-hydrogen) atoms. The molecule has 8 nitrogen and oxygen atoms in total. The molecule has 0 saturated heterocycles. The van der Waals surface area contributed by atoms with Crippen molar-refractivity contribution in [2.24, 2.45) is 0 Å². The lowest BCUT2D eigenvalue weighted by atomic mass is 10.2. The van der Waals surface area contributed by atoms with E-state index < -0.39 is 0 Å². The lowest BCUT2D eigenvalue weighted by molar-refractivity contribution is 0.174. The fourth-order valence-corrected chi connectivity index (χ4v) is 4.05. The number of anilines is 1. The van der Waals surface area contributed by atoms with Crippen LogP contribution in [0.15, 0.2) is 36.9 Å². The number of rotatable bonds is 9. The zero-order valence-corrected chi connectivity index (χ0v) is 16.3. The molecule has 3 heterocycles. The molecular formula is C19H22N6O2S. The molecule has 0 atom stereocenters. The fourth-order valence-electron chi connectivity index (χ4n) is 3.29. The Hall–Kier alpha value is -2.65. The minimum atomic E-state index is 0.317. The summed E-state index contributed by atoms with van der Waals surface area (Å²) in [4.78, 5) is 11.2. The summed E-state index contributed by atoms with van der Waals surface area (Å²) in [5.41, 5.74) is 1.21. The number of benzene rings is 1. The maximum absolute atomic E-state index is 5.44. The quantitative estimate of drug-likeness (QED) is 0.555. The van der Waals surface area contributed by atoms with E-state index in [4.69, 9.17) is 14.5 Å². The molecule has 0 amide bonds. The Morgan fingerprint density at radius 3 is 3.04 bits per heavy atom. The first-order chi connectivity index (χ1) is 13.9. The maximum atomic E-state index is 5.44. The predicted molar refractivity (Wildman–Crippen MR) is 106 cm³/mol. The summed E-state index contributed by atoms with van der Waals surface area (Å²) in [7, 11) is 0. The lowest BCUT2D eigenvalue weighted by Gasteiger charge is -2.20. The number of ether oxygens (including phenoxy) is 2. The van der Waals surface area contributed by atoms with Crippen molar-refractivity contribution in [2.45, 2.75) is 31.8 Å². The van der Waals surface area contributed by atoms with Gasteiger partial charge in [0.05, 0.1) is 0 Å². The monoisotopic (exact) mass is 398 g/mol. The molecule has 9 heteroatoms. The van der Waals surface area contributed by atoms with Crippen LogP contribution < -0.4 is 19.7 Å². The molecule has 2 aliphatic rings. The number of nitrogens with zero attached hydrogens (tertiary/aromatic N) is 5. The molecule has 0 spiro atoms. The average Bonchev–Trinajstić information content (AvgIpc) is 3.13. The molecule has 3 aromatic rings. The minimum Gasteiger partial charge on any atom is -0.454 e. The third-order valence-corrected chi connectivity index (χ3v) is 5.64. The molecule has 5 rings (SSSR count). The number of nitrogens with one attached hydrogen (secondary N) is 1. The van der Waals surface area contributed by atoms with Gasteiger partial charge in [-0.25, -0.2) is 4.98 Å². The smallest absolute Gasteiger partial charge is 0.248 e. The second-order valence-corrected chi connectivity index (χ2v) is 7.72. The summed E-state index contributed by atoms with van der Waals surface area (Å²) in [6.45, 7) is 3.07. The first-order valence-electron chi connectivity index (χ1n) is 9.55. The van der Waals surface area contributed by atoms with E-state index in [0.29, 0.717) is 18.8 Å². The van der Waals surface area contributed by atoms with Gasteiger partial charge in [0.25, 0.3) is 0 Å². The van der Waals surface area contributed by atoms with Crippen molar-refractivity contribution in [1.82, 2.24) is 24.2 Å². The summed E-state index contributed by atoms with van der Waals surface area (Å²) in [5, 5.41) is 4.52. The maximum Gasteiger partial charge on any atom is 0.248 e. The molecule has 0 bridgehead atoms. The van der Waals surface area contributed by atoms with Gasteiger partial charge in [-0.15, -0.1) is 0 Å². The first kappa shape index (κ1) is 17.4. The average molecular weight is 398 g/mol. The van der Waals surface area contributed by atoms with E-state index in [1.54, 1.807) is 12.5 Å². The van der Waals surface area contributed by atoms with Crippen LogP contribution in [0.2, 0.25) is 0 Å². The van der Waals surface area contributed by atoms with Gasteiger partial charge in [-0.2, -0.15) is 9.36 Å². The zero-order chi connectivity index (χ0) is 18.8. The summed E-state index contributed by atoms with van der Waals surface area (Å²) in [5.74, 6) is 2.37. The first-order valence-corrected chi connectivity index (χ1v) is 10.3. The summed E-state index contributed by atoms with van der Waals surface area (Å²) >= 11 is 1.47. The van der Waals surface area contributed by atoms with Crippen LogP contribution in [0.3, 0.4) is 0 Å². The fraction of sp³-hybridized carbons (Fsp3) is 0.421. The highest BCUT2D eigenvalue weighted by Gasteiger charge is 2.31. The summed E-state index contributed by atoms with van der Waals surface area (Å²) in [6.07, 6.45) is 8.88. The van der Waals surface area contributed by atoms with Gasteiger partial charge in [0.15, 0.2) is 11.5 Å². The van der Waals surface area contributed by atoms with E-state index in [1.165, 1.54) is 29.9 Å². The van der Waals surface area contributed by atoms with Crippen molar-refractivity contribution in [3.05, 3.63) is 42.5 Å². The third kappa shape index (κ3) is 3.81. The van der Waals surface area contributed by atoms with Crippen LogP contribution in [0.1, 0.15) is 24.8 Å². The SMILES string of the molecule is c1cn(-c2nsc(N(CCCNCc3ccc4c(c3)OCO4)C3CC3)n2)cn1. The molecule has 1 N–H and O–H groups in total. The molecule has 0 radical (unpaired) electrons. The van der Waals surface area contributed by atoms with Crippen LogP contribution in [0.4, 0.5) is 5.13 Å². The van der Waals surface area contributed by atoms with Crippen molar-refractivity contribution >= 4 is 16.7 Å². The molecule has 1 aromatic carbocycles. The highest BCUT2D eigenvalue weighted by atomic mass is 32.1. The Balaban J connectivity index is 1.12. The Morgan fingerprint density at radius 1 is 1.25 bits per heavy atom. The van der Waals surface area contributed by atoms with Crippen molar-refractivity contribution in [3.8, 4) is 17.4 Å². The van der Waals surface area contributed by atoms with Gasteiger partial charge >= 0.3 is 0 Å². The van der Waals surface area contributed by atoms with Crippen LogP contribution in [0, 0.1) is 0 Å². The topological polar surface area (TPSA) is 77.3 Å². The van der Waals surface area contributed by atoms with E-state index in [1.807, 2.05) is 22.9 Å². The molecule has 1 fully saturated rings. The Kier molecular flexibility index (Phi) is 4.84. The second kappa shape index (κ2) is 7.76. The van der Waals surface area contributed by atoms with E-state index in [0.717, 1.165) is 42.7 Å². The normalized spacial score (nSPS) is 15.1. The minimum absolute atomic E-state index is 0.317. The highest BCUT2D eigenvalue weighted by Crippen LogP contribution is 2.33. The Morgan fingerprint density at radius 2 is 2.18 bits per heavy atom. The lowest BCUT2D eigenvalue weighted by Crippen LogP contribution is -2.29. The predicted octanol–water partition coefficient (Wildman–Crippen LogP) is 2.60. The number of imidazole rings is 1. The van der Waals surface area contributed by atoms with E-state index in [-0.39, 0.29) is 0 Å². The molecule has 2 aromatic heterocycles. The van der Waals surface area contributed by atoms with Crippen LogP contribution in [-0.2, 0) is 6.54 Å². The van der Waals surface area contributed by atoms with Crippen molar-refractivity contribution in [3.63, 3.8) is 0 Å². The van der Waals surface area contributed by atoms with Crippen molar-refractivity contribution < 1.29 is 9.47 Å². The van der Waals surface area contributed by atoms with Gasteiger partial charge in [-0.1, -0.05) is 6.07 Å². The zero-order valence-electron chi connectivity index (χ0n) is 15.5. The number of hydrogen-bond donors (Lipinski definition) is 1. The number of fused-ring (bicyclic) bond motifs is 1. The van der Waals surface area contributed by atoms with Gasteiger partial charge in [0.2, 0.25) is 17.9 Å².